The minimum Gasteiger partial charge on any atom is -0.322 e. The van der Waals surface area contributed by atoms with E-state index in [9.17, 15) is 4.79 Å². The molecule has 0 atom stereocenters. The second kappa shape index (κ2) is 5.98. The first kappa shape index (κ1) is 14.4. The molecule has 0 radical (unpaired) electrons. The van der Waals surface area contributed by atoms with Crippen LogP contribution in [0.1, 0.15) is 13.8 Å². The Morgan fingerprint density at radius 3 is 2.79 bits per heavy atom. The summed E-state index contributed by atoms with van der Waals surface area (Å²) < 4.78 is 0.652. The Balaban J connectivity index is 2.08. The summed E-state index contributed by atoms with van der Waals surface area (Å²) in [6.45, 7) is 7.53. The summed E-state index contributed by atoms with van der Waals surface area (Å²) >= 11 is 3.34. The molecule has 0 saturated carbocycles. The van der Waals surface area contributed by atoms with Crippen LogP contribution in [0.2, 0.25) is 0 Å². The van der Waals surface area contributed by atoms with E-state index >= 15 is 0 Å². The summed E-state index contributed by atoms with van der Waals surface area (Å²) in [7, 11) is 0. The van der Waals surface area contributed by atoms with Crippen LogP contribution in [0.3, 0.4) is 0 Å². The van der Waals surface area contributed by atoms with E-state index in [0.717, 1.165) is 26.2 Å². The molecule has 0 spiro atoms. The lowest BCUT2D eigenvalue weighted by molar-refractivity contribution is -0.126. The zero-order chi connectivity index (χ0) is 13.9. The van der Waals surface area contributed by atoms with E-state index in [1.165, 1.54) is 0 Å². The number of carbonyl (C=O) groups is 1. The maximum atomic E-state index is 12.5. The van der Waals surface area contributed by atoms with Gasteiger partial charge in [0.05, 0.1) is 11.2 Å². The van der Waals surface area contributed by atoms with Gasteiger partial charge in [-0.15, -0.1) is 0 Å². The van der Waals surface area contributed by atoms with Crippen molar-refractivity contribution < 1.29 is 4.79 Å². The minimum atomic E-state index is -0.530. The highest BCUT2D eigenvalue weighted by Gasteiger charge is 2.35. The molecule has 6 heteroatoms. The van der Waals surface area contributed by atoms with Crippen LogP contribution in [0.25, 0.3) is 0 Å². The molecule has 0 aliphatic carbocycles. The molecular weight excluding hydrogens is 308 g/mol. The van der Waals surface area contributed by atoms with Crippen LogP contribution in [0.15, 0.2) is 22.9 Å². The zero-order valence-electron chi connectivity index (χ0n) is 11.2. The first-order valence-corrected chi connectivity index (χ1v) is 7.19. The number of carbonyl (C=O) groups excluding carboxylic acids is 1. The molecule has 1 fully saturated rings. The van der Waals surface area contributed by atoms with Crippen LogP contribution >= 0.6 is 15.9 Å². The molecule has 1 amide bonds. The van der Waals surface area contributed by atoms with E-state index in [-0.39, 0.29) is 5.91 Å². The van der Waals surface area contributed by atoms with Crippen molar-refractivity contribution >= 4 is 27.5 Å². The Labute approximate surface area is 121 Å². The van der Waals surface area contributed by atoms with Crippen molar-refractivity contribution in [1.29, 1.82) is 0 Å². The van der Waals surface area contributed by atoms with Crippen LogP contribution in [0.5, 0.6) is 0 Å². The average Bonchev–Trinajstić information content (AvgIpc) is 2.42. The number of anilines is 1. The molecular formula is C13H19BrN4O. The molecule has 1 aromatic rings. The Morgan fingerprint density at radius 1 is 1.47 bits per heavy atom. The van der Waals surface area contributed by atoms with Gasteiger partial charge in [-0.1, -0.05) is 0 Å². The molecule has 104 valence electrons. The minimum absolute atomic E-state index is 0.0110. The fourth-order valence-corrected chi connectivity index (χ4v) is 2.47. The number of hydrogen-bond donors (Lipinski definition) is 2. The molecule has 19 heavy (non-hydrogen) atoms. The standard InChI is InChI=1S/C13H19BrN4O/c1-13(2,18-8-6-15-7-9-18)12(19)17-10-4-3-5-16-11(10)14/h3-5,15H,6-9H2,1-2H3,(H,17,19). The maximum absolute atomic E-state index is 12.5. The molecule has 2 N–H and O–H groups in total. The van der Waals surface area contributed by atoms with E-state index in [1.54, 1.807) is 12.3 Å². The van der Waals surface area contributed by atoms with Crippen molar-refractivity contribution in [2.24, 2.45) is 0 Å². The number of piperazine rings is 1. The zero-order valence-corrected chi connectivity index (χ0v) is 12.8. The number of nitrogens with one attached hydrogen (secondary N) is 2. The number of aromatic nitrogens is 1. The van der Waals surface area contributed by atoms with Crippen molar-refractivity contribution in [3.63, 3.8) is 0 Å². The van der Waals surface area contributed by atoms with Crippen molar-refractivity contribution in [3.8, 4) is 0 Å². The number of pyridine rings is 1. The lowest BCUT2D eigenvalue weighted by atomic mass is 10.0. The Bertz CT molecular complexity index is 458. The summed E-state index contributed by atoms with van der Waals surface area (Å²) in [4.78, 5) is 18.8. The van der Waals surface area contributed by atoms with Crippen LogP contribution in [-0.2, 0) is 4.79 Å². The van der Waals surface area contributed by atoms with Crippen molar-refractivity contribution in [2.75, 3.05) is 31.5 Å². The third-order valence-corrected chi connectivity index (χ3v) is 4.10. The molecule has 0 bridgehead atoms. The third-order valence-electron chi connectivity index (χ3n) is 3.47. The summed E-state index contributed by atoms with van der Waals surface area (Å²) in [6.07, 6.45) is 1.68. The molecule has 1 saturated heterocycles. The van der Waals surface area contributed by atoms with Crippen LogP contribution in [0.4, 0.5) is 5.69 Å². The monoisotopic (exact) mass is 326 g/mol. The fourth-order valence-electron chi connectivity index (χ4n) is 2.12. The molecule has 1 aliphatic rings. The lowest BCUT2D eigenvalue weighted by Gasteiger charge is -2.39. The first-order chi connectivity index (χ1) is 9.01. The fraction of sp³-hybridized carbons (Fsp3) is 0.538. The van der Waals surface area contributed by atoms with Gasteiger partial charge < -0.3 is 10.6 Å². The van der Waals surface area contributed by atoms with Crippen molar-refractivity contribution in [2.45, 2.75) is 19.4 Å². The van der Waals surface area contributed by atoms with Gasteiger partial charge in [0.25, 0.3) is 0 Å². The highest BCUT2D eigenvalue weighted by atomic mass is 79.9. The highest BCUT2D eigenvalue weighted by molar-refractivity contribution is 9.10. The SMILES string of the molecule is CC(C)(C(=O)Nc1cccnc1Br)N1CCNCC1. The van der Waals surface area contributed by atoms with Gasteiger partial charge in [-0.3, -0.25) is 9.69 Å². The Morgan fingerprint density at radius 2 is 2.16 bits per heavy atom. The second-order valence-electron chi connectivity index (χ2n) is 5.09. The molecule has 1 aliphatic heterocycles. The number of nitrogens with zero attached hydrogens (tertiary/aromatic N) is 2. The summed E-state index contributed by atoms with van der Waals surface area (Å²) in [5.74, 6) is -0.0110. The van der Waals surface area contributed by atoms with Gasteiger partial charge in [-0.05, 0) is 41.9 Å². The molecule has 5 nitrogen and oxygen atoms in total. The molecule has 0 aromatic carbocycles. The van der Waals surface area contributed by atoms with E-state index in [4.69, 9.17) is 0 Å². The van der Waals surface area contributed by atoms with Gasteiger partial charge in [0.2, 0.25) is 5.91 Å². The maximum Gasteiger partial charge on any atom is 0.244 e. The predicted molar refractivity (Wildman–Crippen MR) is 79.1 cm³/mol. The molecule has 2 heterocycles. The van der Waals surface area contributed by atoms with Gasteiger partial charge in [0, 0.05) is 32.4 Å². The van der Waals surface area contributed by atoms with Gasteiger partial charge in [-0.25, -0.2) is 4.98 Å². The van der Waals surface area contributed by atoms with E-state index in [1.807, 2.05) is 19.9 Å². The van der Waals surface area contributed by atoms with Crippen LogP contribution in [0, 0.1) is 0 Å². The van der Waals surface area contributed by atoms with E-state index in [0.29, 0.717) is 10.3 Å². The second-order valence-corrected chi connectivity index (χ2v) is 5.84. The number of hydrogen-bond acceptors (Lipinski definition) is 4. The van der Waals surface area contributed by atoms with Gasteiger partial charge in [-0.2, -0.15) is 0 Å². The van der Waals surface area contributed by atoms with E-state index < -0.39 is 5.54 Å². The topological polar surface area (TPSA) is 57.3 Å². The summed E-state index contributed by atoms with van der Waals surface area (Å²) in [5.41, 5.74) is 0.174. The van der Waals surface area contributed by atoms with Gasteiger partial charge in [0.1, 0.15) is 4.60 Å². The summed E-state index contributed by atoms with van der Waals surface area (Å²) in [5, 5.41) is 6.23. The van der Waals surface area contributed by atoms with Crippen LogP contribution < -0.4 is 10.6 Å². The smallest absolute Gasteiger partial charge is 0.244 e. The van der Waals surface area contributed by atoms with E-state index in [2.05, 4.69) is 36.4 Å². The Hall–Kier alpha value is -0.980. The van der Waals surface area contributed by atoms with Gasteiger partial charge >= 0.3 is 0 Å². The summed E-state index contributed by atoms with van der Waals surface area (Å²) in [6, 6.07) is 3.64. The van der Waals surface area contributed by atoms with Crippen molar-refractivity contribution in [1.82, 2.24) is 15.2 Å². The lowest BCUT2D eigenvalue weighted by Crippen LogP contribution is -2.58. The normalized spacial score (nSPS) is 17.2. The molecule has 2 rings (SSSR count). The average molecular weight is 327 g/mol. The first-order valence-electron chi connectivity index (χ1n) is 6.39. The third kappa shape index (κ3) is 3.32. The number of halogens is 1. The molecule has 0 unspecified atom stereocenters. The largest absolute Gasteiger partial charge is 0.322 e. The number of amides is 1. The predicted octanol–water partition coefficient (Wildman–Crippen LogP) is 1.47. The highest BCUT2D eigenvalue weighted by Crippen LogP contribution is 2.22. The Kier molecular flexibility index (Phi) is 4.54. The molecule has 1 aromatic heterocycles. The van der Waals surface area contributed by atoms with Gasteiger partial charge in [0.15, 0.2) is 0 Å². The van der Waals surface area contributed by atoms with Crippen molar-refractivity contribution in [3.05, 3.63) is 22.9 Å². The van der Waals surface area contributed by atoms with Crippen LogP contribution in [-0.4, -0.2) is 47.5 Å². The quantitative estimate of drug-likeness (QED) is 0.826. The number of rotatable bonds is 3.